The second-order valence-electron chi connectivity index (χ2n) is 5.86. The van der Waals surface area contributed by atoms with Crippen molar-refractivity contribution in [2.24, 2.45) is 5.92 Å². The first-order valence-corrected chi connectivity index (χ1v) is 7.82. The molecule has 1 atom stereocenters. The minimum absolute atomic E-state index is 0.220. The maximum absolute atomic E-state index is 11.9. The summed E-state index contributed by atoms with van der Waals surface area (Å²) in [7, 11) is 1.66. The van der Waals surface area contributed by atoms with Gasteiger partial charge in [-0.05, 0) is 13.0 Å². The molecule has 0 unspecified atom stereocenters. The van der Waals surface area contributed by atoms with Crippen molar-refractivity contribution < 1.29 is 9.53 Å². The number of nitrogens with one attached hydrogen (secondary N) is 2. The topological polar surface area (TPSA) is 79.4 Å². The molecule has 0 aliphatic carbocycles. The largest absolute Gasteiger partial charge is 0.383 e. The van der Waals surface area contributed by atoms with E-state index in [1.165, 1.54) is 5.56 Å². The average Bonchev–Trinajstić information content (AvgIpc) is 2.91. The van der Waals surface area contributed by atoms with Gasteiger partial charge in [0.15, 0.2) is 0 Å². The molecule has 1 amide bonds. The fourth-order valence-corrected chi connectivity index (χ4v) is 3.09. The van der Waals surface area contributed by atoms with Gasteiger partial charge in [0.25, 0.3) is 0 Å². The summed E-state index contributed by atoms with van der Waals surface area (Å²) in [5.74, 6) is 1.48. The number of fused-ring (bicyclic) bond motifs is 1. The third-order valence-electron chi connectivity index (χ3n) is 4.30. The van der Waals surface area contributed by atoms with E-state index in [2.05, 4.69) is 20.6 Å². The second kappa shape index (κ2) is 7.02. The van der Waals surface area contributed by atoms with Gasteiger partial charge in [-0.1, -0.05) is 0 Å². The lowest BCUT2D eigenvalue weighted by Crippen LogP contribution is -2.29. The van der Waals surface area contributed by atoms with Gasteiger partial charge < -0.3 is 20.3 Å². The van der Waals surface area contributed by atoms with E-state index in [0.29, 0.717) is 25.5 Å². The van der Waals surface area contributed by atoms with Crippen LogP contribution in [0.4, 0.5) is 5.82 Å². The molecule has 2 aliphatic rings. The summed E-state index contributed by atoms with van der Waals surface area (Å²) in [6.45, 7) is 4.61. The highest BCUT2D eigenvalue weighted by Crippen LogP contribution is 2.21. The summed E-state index contributed by atoms with van der Waals surface area (Å²) < 4.78 is 5.05. The third-order valence-corrected chi connectivity index (χ3v) is 4.30. The van der Waals surface area contributed by atoms with Gasteiger partial charge in [0.2, 0.25) is 5.91 Å². The van der Waals surface area contributed by atoms with Gasteiger partial charge in [0.05, 0.1) is 12.3 Å². The molecule has 1 fully saturated rings. The molecule has 0 spiro atoms. The van der Waals surface area contributed by atoms with Crippen LogP contribution in [-0.4, -0.2) is 60.7 Å². The SMILES string of the molecule is COCCN1C[C@H](CNc2ncnc3c2CCNC3)CC1=O. The number of hydrogen-bond acceptors (Lipinski definition) is 6. The van der Waals surface area contributed by atoms with Crippen molar-refractivity contribution in [3.05, 3.63) is 17.6 Å². The van der Waals surface area contributed by atoms with E-state index in [4.69, 9.17) is 4.74 Å². The zero-order valence-electron chi connectivity index (χ0n) is 13.0. The van der Waals surface area contributed by atoms with Gasteiger partial charge in [-0.15, -0.1) is 0 Å². The van der Waals surface area contributed by atoms with Gasteiger partial charge >= 0.3 is 0 Å². The molecule has 7 nitrogen and oxygen atoms in total. The van der Waals surface area contributed by atoms with Crippen molar-refractivity contribution in [3.63, 3.8) is 0 Å². The summed E-state index contributed by atoms with van der Waals surface area (Å²) >= 11 is 0. The Morgan fingerprint density at radius 3 is 3.27 bits per heavy atom. The van der Waals surface area contributed by atoms with Crippen molar-refractivity contribution >= 4 is 11.7 Å². The van der Waals surface area contributed by atoms with E-state index in [-0.39, 0.29) is 5.91 Å². The molecule has 1 saturated heterocycles. The van der Waals surface area contributed by atoms with Crippen LogP contribution in [0, 0.1) is 5.92 Å². The third kappa shape index (κ3) is 3.36. The molecule has 7 heteroatoms. The summed E-state index contributed by atoms with van der Waals surface area (Å²) in [6, 6.07) is 0. The van der Waals surface area contributed by atoms with E-state index in [1.807, 2.05) is 4.90 Å². The number of rotatable bonds is 6. The fraction of sp³-hybridized carbons (Fsp3) is 0.667. The molecule has 0 bridgehead atoms. The lowest BCUT2D eigenvalue weighted by atomic mass is 10.1. The maximum atomic E-state index is 11.9. The van der Waals surface area contributed by atoms with Crippen LogP contribution in [-0.2, 0) is 22.5 Å². The van der Waals surface area contributed by atoms with Crippen molar-refractivity contribution in [2.45, 2.75) is 19.4 Å². The Bertz CT molecular complexity index is 537. The predicted molar refractivity (Wildman–Crippen MR) is 82.5 cm³/mol. The quantitative estimate of drug-likeness (QED) is 0.772. The number of carbonyl (C=O) groups excluding carboxylic acids is 1. The number of amides is 1. The number of methoxy groups -OCH3 is 1. The molecule has 0 aromatic carbocycles. The second-order valence-corrected chi connectivity index (χ2v) is 5.86. The molecule has 3 heterocycles. The van der Waals surface area contributed by atoms with E-state index < -0.39 is 0 Å². The molecule has 3 rings (SSSR count). The molecule has 0 radical (unpaired) electrons. The van der Waals surface area contributed by atoms with Gasteiger partial charge in [-0.3, -0.25) is 4.79 Å². The van der Waals surface area contributed by atoms with Crippen LogP contribution in [0.2, 0.25) is 0 Å². The first kappa shape index (κ1) is 15.2. The van der Waals surface area contributed by atoms with E-state index in [0.717, 1.165) is 44.1 Å². The Kier molecular flexibility index (Phi) is 4.84. The molecule has 1 aromatic heterocycles. The molecular formula is C15H23N5O2. The lowest BCUT2D eigenvalue weighted by molar-refractivity contribution is -0.128. The normalized spacial score (nSPS) is 21.0. The van der Waals surface area contributed by atoms with E-state index in [1.54, 1.807) is 13.4 Å². The highest BCUT2D eigenvalue weighted by atomic mass is 16.5. The maximum Gasteiger partial charge on any atom is 0.223 e. The first-order valence-electron chi connectivity index (χ1n) is 7.82. The summed E-state index contributed by atoms with van der Waals surface area (Å²) in [6.07, 6.45) is 3.16. The number of ether oxygens (including phenoxy) is 1. The number of carbonyl (C=O) groups is 1. The van der Waals surface area contributed by atoms with Crippen LogP contribution < -0.4 is 10.6 Å². The van der Waals surface area contributed by atoms with Gasteiger partial charge in [-0.2, -0.15) is 0 Å². The van der Waals surface area contributed by atoms with Crippen LogP contribution in [0.1, 0.15) is 17.7 Å². The van der Waals surface area contributed by atoms with Crippen LogP contribution >= 0.6 is 0 Å². The van der Waals surface area contributed by atoms with Crippen molar-refractivity contribution in [3.8, 4) is 0 Å². The molecule has 2 N–H and O–H groups in total. The van der Waals surface area contributed by atoms with Crippen molar-refractivity contribution in [1.29, 1.82) is 0 Å². The predicted octanol–water partition coefficient (Wildman–Crippen LogP) is 0.0291. The highest BCUT2D eigenvalue weighted by molar-refractivity contribution is 5.78. The zero-order chi connectivity index (χ0) is 15.4. The number of aromatic nitrogens is 2. The Labute approximate surface area is 130 Å². The molecule has 22 heavy (non-hydrogen) atoms. The van der Waals surface area contributed by atoms with Crippen LogP contribution in [0.15, 0.2) is 6.33 Å². The zero-order valence-corrected chi connectivity index (χ0v) is 13.0. The molecule has 120 valence electrons. The van der Waals surface area contributed by atoms with Crippen molar-refractivity contribution in [2.75, 3.05) is 45.2 Å². The monoisotopic (exact) mass is 305 g/mol. The van der Waals surface area contributed by atoms with Gasteiger partial charge in [0.1, 0.15) is 12.1 Å². The average molecular weight is 305 g/mol. The minimum Gasteiger partial charge on any atom is -0.383 e. The Morgan fingerprint density at radius 1 is 1.50 bits per heavy atom. The van der Waals surface area contributed by atoms with Crippen molar-refractivity contribution in [1.82, 2.24) is 20.2 Å². The summed E-state index contributed by atoms with van der Waals surface area (Å²) in [5, 5.41) is 6.74. The number of hydrogen-bond donors (Lipinski definition) is 2. The first-order chi connectivity index (χ1) is 10.8. The van der Waals surface area contributed by atoms with E-state index in [9.17, 15) is 4.79 Å². The minimum atomic E-state index is 0.220. The fourth-order valence-electron chi connectivity index (χ4n) is 3.09. The lowest BCUT2D eigenvalue weighted by Gasteiger charge is -2.20. The summed E-state index contributed by atoms with van der Waals surface area (Å²) in [5.41, 5.74) is 2.29. The molecular weight excluding hydrogens is 282 g/mol. The smallest absolute Gasteiger partial charge is 0.223 e. The number of anilines is 1. The number of nitrogens with zero attached hydrogens (tertiary/aromatic N) is 3. The Balaban J connectivity index is 1.56. The standard InChI is InChI=1S/C15H23N5O2/c1-22-5-4-20-9-11(6-14(20)21)7-17-15-12-2-3-16-8-13(12)18-10-19-15/h10-11,16H,2-9H2,1H3,(H,17,18,19)/t11-/m0/s1. The molecule has 2 aliphatic heterocycles. The van der Waals surface area contributed by atoms with Gasteiger partial charge in [0, 0.05) is 51.2 Å². The Hall–Kier alpha value is -1.73. The summed E-state index contributed by atoms with van der Waals surface area (Å²) in [4.78, 5) is 22.5. The van der Waals surface area contributed by atoms with Crippen LogP contribution in [0.25, 0.3) is 0 Å². The highest BCUT2D eigenvalue weighted by Gasteiger charge is 2.29. The molecule has 1 aromatic rings. The van der Waals surface area contributed by atoms with Crippen LogP contribution in [0.3, 0.4) is 0 Å². The van der Waals surface area contributed by atoms with Gasteiger partial charge in [-0.25, -0.2) is 9.97 Å². The molecule has 0 saturated carbocycles. The van der Waals surface area contributed by atoms with Crippen LogP contribution in [0.5, 0.6) is 0 Å². The Morgan fingerprint density at radius 2 is 2.41 bits per heavy atom. The van der Waals surface area contributed by atoms with E-state index >= 15 is 0 Å². The number of likely N-dealkylation sites (tertiary alicyclic amines) is 1.